The largest absolute Gasteiger partial charge is 0.497 e. The van der Waals surface area contributed by atoms with E-state index in [9.17, 15) is 13.2 Å². The van der Waals surface area contributed by atoms with Crippen LogP contribution in [0.5, 0.6) is 11.5 Å². The Morgan fingerprint density at radius 2 is 2.00 bits per heavy atom. The number of benzene rings is 1. The number of methoxy groups -OCH3 is 2. The van der Waals surface area contributed by atoms with Crippen LogP contribution in [-0.2, 0) is 9.47 Å². The van der Waals surface area contributed by atoms with Crippen LogP contribution in [0.15, 0.2) is 18.2 Å². The molecule has 0 aliphatic carbocycles. The summed E-state index contributed by atoms with van der Waals surface area (Å²) >= 11 is 0. The lowest BCUT2D eigenvalue weighted by Crippen LogP contribution is -2.25. The van der Waals surface area contributed by atoms with Crippen LogP contribution in [0.3, 0.4) is 0 Å². The number of alkyl halides is 3. The van der Waals surface area contributed by atoms with Gasteiger partial charge in [0.15, 0.2) is 6.10 Å². The van der Waals surface area contributed by atoms with Crippen LogP contribution in [-0.4, -0.2) is 39.7 Å². The Labute approximate surface area is 114 Å². The SMILES string of the molecule is COc1ccc(OC)c([C@@H](OC[C@@H]2CO2)C(F)(F)F)c1. The van der Waals surface area contributed by atoms with Crippen molar-refractivity contribution in [3.63, 3.8) is 0 Å². The average Bonchev–Trinajstić information content (AvgIpc) is 3.21. The summed E-state index contributed by atoms with van der Waals surface area (Å²) in [6.45, 7) is 0.324. The Morgan fingerprint density at radius 1 is 1.30 bits per heavy atom. The molecule has 0 saturated carbocycles. The predicted octanol–water partition coefficient (Wildman–Crippen LogP) is 2.72. The fourth-order valence-corrected chi connectivity index (χ4v) is 1.77. The number of hydrogen-bond donors (Lipinski definition) is 0. The molecule has 1 aromatic rings. The highest BCUT2D eigenvalue weighted by Gasteiger charge is 2.44. The van der Waals surface area contributed by atoms with E-state index in [2.05, 4.69) is 0 Å². The third kappa shape index (κ3) is 3.55. The molecular formula is C13H15F3O4. The highest BCUT2D eigenvalue weighted by molar-refractivity contribution is 5.42. The maximum absolute atomic E-state index is 13.2. The smallest absolute Gasteiger partial charge is 0.419 e. The zero-order chi connectivity index (χ0) is 14.8. The van der Waals surface area contributed by atoms with Crippen molar-refractivity contribution >= 4 is 0 Å². The summed E-state index contributed by atoms with van der Waals surface area (Å²) in [5.74, 6) is 0.408. The van der Waals surface area contributed by atoms with Crippen LogP contribution in [0.1, 0.15) is 11.7 Å². The number of hydrogen-bond acceptors (Lipinski definition) is 4. The number of epoxide rings is 1. The minimum Gasteiger partial charge on any atom is -0.497 e. The van der Waals surface area contributed by atoms with Crippen LogP contribution in [0, 0.1) is 0 Å². The molecule has 0 unspecified atom stereocenters. The van der Waals surface area contributed by atoms with Gasteiger partial charge in [-0.1, -0.05) is 0 Å². The number of halogens is 3. The van der Waals surface area contributed by atoms with Crippen molar-refractivity contribution in [3.05, 3.63) is 23.8 Å². The molecule has 0 aromatic heterocycles. The second-order valence-corrected chi connectivity index (χ2v) is 4.32. The summed E-state index contributed by atoms with van der Waals surface area (Å²) < 4.78 is 59.3. The monoisotopic (exact) mass is 292 g/mol. The molecule has 1 heterocycles. The molecule has 20 heavy (non-hydrogen) atoms. The summed E-state index contributed by atoms with van der Waals surface area (Å²) in [5.41, 5.74) is -0.111. The van der Waals surface area contributed by atoms with Gasteiger partial charge in [0.25, 0.3) is 0 Å². The van der Waals surface area contributed by atoms with E-state index in [0.29, 0.717) is 12.4 Å². The van der Waals surface area contributed by atoms with Crippen molar-refractivity contribution in [1.29, 1.82) is 0 Å². The lowest BCUT2D eigenvalue weighted by atomic mass is 10.1. The molecule has 2 atom stereocenters. The van der Waals surface area contributed by atoms with Gasteiger partial charge >= 0.3 is 6.18 Å². The summed E-state index contributed by atoms with van der Waals surface area (Å²) in [6, 6.07) is 4.22. The van der Waals surface area contributed by atoms with Crippen molar-refractivity contribution in [1.82, 2.24) is 0 Å². The molecule has 0 N–H and O–H groups in total. The molecule has 112 valence electrons. The van der Waals surface area contributed by atoms with Crippen molar-refractivity contribution in [2.24, 2.45) is 0 Å². The molecular weight excluding hydrogens is 277 g/mol. The summed E-state index contributed by atoms with van der Waals surface area (Å²) in [5, 5.41) is 0. The number of rotatable bonds is 6. The lowest BCUT2D eigenvalue weighted by Gasteiger charge is -2.23. The van der Waals surface area contributed by atoms with Gasteiger partial charge in [0.2, 0.25) is 0 Å². The Bertz CT molecular complexity index is 457. The summed E-state index contributed by atoms with van der Waals surface area (Å²) in [4.78, 5) is 0. The maximum Gasteiger partial charge on any atom is 0.419 e. The van der Waals surface area contributed by atoms with E-state index in [-0.39, 0.29) is 24.0 Å². The zero-order valence-electron chi connectivity index (χ0n) is 11.1. The molecule has 0 bridgehead atoms. The molecule has 1 aliphatic heterocycles. The Kier molecular flexibility index (Phi) is 4.39. The van der Waals surface area contributed by atoms with E-state index in [0.717, 1.165) is 0 Å². The van der Waals surface area contributed by atoms with E-state index in [4.69, 9.17) is 18.9 Å². The topological polar surface area (TPSA) is 40.2 Å². The summed E-state index contributed by atoms with van der Waals surface area (Å²) in [7, 11) is 2.69. The maximum atomic E-state index is 13.2. The molecule has 0 spiro atoms. The Balaban J connectivity index is 2.29. The van der Waals surface area contributed by atoms with Gasteiger partial charge in [-0.3, -0.25) is 0 Å². The third-order valence-electron chi connectivity index (χ3n) is 2.87. The first-order valence-electron chi connectivity index (χ1n) is 5.97. The minimum atomic E-state index is -4.55. The molecule has 1 saturated heterocycles. The van der Waals surface area contributed by atoms with Crippen LogP contribution in [0.25, 0.3) is 0 Å². The third-order valence-corrected chi connectivity index (χ3v) is 2.87. The van der Waals surface area contributed by atoms with E-state index < -0.39 is 12.3 Å². The van der Waals surface area contributed by atoms with Crippen molar-refractivity contribution < 1.29 is 32.1 Å². The molecule has 1 aliphatic rings. The normalized spacial score (nSPS) is 19.6. The highest BCUT2D eigenvalue weighted by atomic mass is 19.4. The average molecular weight is 292 g/mol. The second kappa shape index (κ2) is 5.88. The van der Waals surface area contributed by atoms with Gasteiger partial charge in [-0.2, -0.15) is 13.2 Å². The molecule has 0 radical (unpaired) electrons. The van der Waals surface area contributed by atoms with Crippen molar-refractivity contribution in [2.45, 2.75) is 18.4 Å². The standard InChI is InChI=1S/C13H15F3O4/c1-17-8-3-4-11(18-2)10(5-8)12(13(14,15)16)20-7-9-6-19-9/h3-5,9,12H,6-7H2,1-2H3/t9-,12+/m0/s1. The molecule has 2 rings (SSSR count). The van der Waals surface area contributed by atoms with Crippen LogP contribution < -0.4 is 9.47 Å². The van der Waals surface area contributed by atoms with Gasteiger partial charge in [-0.05, 0) is 18.2 Å². The van der Waals surface area contributed by atoms with Gasteiger partial charge in [0.05, 0.1) is 27.4 Å². The van der Waals surface area contributed by atoms with E-state index in [1.807, 2.05) is 0 Å². The number of ether oxygens (including phenoxy) is 4. The first-order chi connectivity index (χ1) is 9.45. The lowest BCUT2D eigenvalue weighted by molar-refractivity contribution is -0.225. The van der Waals surface area contributed by atoms with Gasteiger partial charge < -0.3 is 18.9 Å². The fraction of sp³-hybridized carbons (Fsp3) is 0.538. The van der Waals surface area contributed by atoms with Crippen LogP contribution in [0.4, 0.5) is 13.2 Å². The van der Waals surface area contributed by atoms with Crippen molar-refractivity contribution in [3.8, 4) is 11.5 Å². The molecule has 7 heteroatoms. The molecule has 1 aromatic carbocycles. The molecule has 4 nitrogen and oxygen atoms in total. The fourth-order valence-electron chi connectivity index (χ4n) is 1.77. The quantitative estimate of drug-likeness (QED) is 0.756. The highest BCUT2D eigenvalue weighted by Crippen LogP contribution is 2.41. The molecule has 1 fully saturated rings. The van der Waals surface area contributed by atoms with E-state index >= 15 is 0 Å². The van der Waals surface area contributed by atoms with Gasteiger partial charge in [0.1, 0.15) is 17.6 Å². The van der Waals surface area contributed by atoms with Crippen LogP contribution in [0.2, 0.25) is 0 Å². The van der Waals surface area contributed by atoms with Crippen molar-refractivity contribution in [2.75, 3.05) is 27.4 Å². The summed E-state index contributed by atoms with van der Waals surface area (Å²) in [6.07, 6.45) is -6.87. The minimum absolute atomic E-state index is 0.102. The van der Waals surface area contributed by atoms with Crippen LogP contribution >= 0.6 is 0 Å². The van der Waals surface area contributed by atoms with Gasteiger partial charge in [0, 0.05) is 5.56 Å². The second-order valence-electron chi connectivity index (χ2n) is 4.32. The Morgan fingerprint density at radius 3 is 2.50 bits per heavy atom. The first-order valence-corrected chi connectivity index (χ1v) is 5.97. The van der Waals surface area contributed by atoms with E-state index in [1.165, 1.54) is 32.4 Å². The zero-order valence-corrected chi connectivity index (χ0v) is 11.1. The predicted molar refractivity (Wildman–Crippen MR) is 64.0 cm³/mol. The Hall–Kier alpha value is -1.47. The van der Waals surface area contributed by atoms with E-state index in [1.54, 1.807) is 0 Å². The first kappa shape index (κ1) is 14.9. The molecule has 0 amide bonds. The van der Waals surface area contributed by atoms with Gasteiger partial charge in [-0.15, -0.1) is 0 Å². The van der Waals surface area contributed by atoms with Gasteiger partial charge in [-0.25, -0.2) is 0 Å².